The molecule has 1 N–H and O–H groups in total. The highest BCUT2D eigenvalue weighted by molar-refractivity contribution is 6.11. The highest BCUT2D eigenvalue weighted by Gasteiger charge is 2.28. The number of hydrogen-bond acceptors (Lipinski definition) is 7. The maximum absolute atomic E-state index is 13.1. The number of ether oxygens (including phenoxy) is 3. The van der Waals surface area contributed by atoms with Crippen molar-refractivity contribution in [3.8, 4) is 23.0 Å². The molecular formula is C24H21N3O7. The molecule has 34 heavy (non-hydrogen) atoms. The second-order valence-electron chi connectivity index (χ2n) is 7.58. The van der Waals surface area contributed by atoms with E-state index in [-0.39, 0.29) is 34.2 Å². The van der Waals surface area contributed by atoms with E-state index in [0.29, 0.717) is 17.2 Å². The van der Waals surface area contributed by atoms with Crippen molar-refractivity contribution in [2.24, 2.45) is 0 Å². The maximum atomic E-state index is 13.1. The second kappa shape index (κ2) is 8.74. The van der Waals surface area contributed by atoms with Gasteiger partial charge in [-0.15, -0.1) is 0 Å². The standard InChI is InChI=1S/C24H21N3O7/c1-13-5-7-20-18(9-13)26(2)24(29)16-10-14(6-8-19(16)34-20)25-23(28)15-11-21(32-3)22(33-4)12-17(15)27(30)31/h5-12H,1-4H3,(H,25,28). The molecule has 174 valence electrons. The minimum Gasteiger partial charge on any atom is -0.493 e. The van der Waals surface area contributed by atoms with E-state index in [9.17, 15) is 19.7 Å². The summed E-state index contributed by atoms with van der Waals surface area (Å²) in [6, 6.07) is 12.5. The number of methoxy groups -OCH3 is 2. The first-order chi connectivity index (χ1) is 16.2. The number of nitro groups is 1. The number of nitrogens with one attached hydrogen (secondary N) is 1. The molecule has 2 amide bonds. The van der Waals surface area contributed by atoms with Crippen LogP contribution in [-0.2, 0) is 0 Å². The lowest BCUT2D eigenvalue weighted by Gasteiger charge is -2.17. The normalized spacial score (nSPS) is 12.1. The minimum atomic E-state index is -0.748. The summed E-state index contributed by atoms with van der Waals surface area (Å²) in [6.07, 6.45) is 0. The zero-order valence-electron chi connectivity index (χ0n) is 18.9. The smallest absolute Gasteiger partial charge is 0.286 e. The molecule has 10 nitrogen and oxygen atoms in total. The maximum Gasteiger partial charge on any atom is 0.286 e. The van der Waals surface area contributed by atoms with Crippen LogP contribution < -0.4 is 24.4 Å². The first-order valence-corrected chi connectivity index (χ1v) is 10.2. The number of nitro benzene ring substituents is 1. The molecule has 4 rings (SSSR count). The van der Waals surface area contributed by atoms with Crippen LogP contribution in [-0.4, -0.2) is 38.0 Å². The molecule has 1 aliphatic rings. The minimum absolute atomic E-state index is 0.122. The van der Waals surface area contributed by atoms with Crippen LogP contribution in [0.2, 0.25) is 0 Å². The number of hydrogen-bond donors (Lipinski definition) is 1. The number of carbonyl (C=O) groups is 2. The Labute approximate surface area is 194 Å². The van der Waals surface area contributed by atoms with E-state index in [1.807, 2.05) is 19.1 Å². The number of nitrogens with zero attached hydrogens (tertiary/aromatic N) is 2. The molecule has 3 aromatic rings. The van der Waals surface area contributed by atoms with Crippen molar-refractivity contribution in [3.63, 3.8) is 0 Å². The van der Waals surface area contributed by atoms with Crippen LogP contribution in [0.25, 0.3) is 0 Å². The Balaban J connectivity index is 1.69. The van der Waals surface area contributed by atoms with Gasteiger partial charge in [-0.05, 0) is 42.8 Å². The summed E-state index contributed by atoms with van der Waals surface area (Å²) >= 11 is 0. The molecule has 3 aromatic carbocycles. The van der Waals surface area contributed by atoms with E-state index in [0.717, 1.165) is 11.6 Å². The molecule has 0 radical (unpaired) electrons. The number of benzene rings is 3. The molecule has 0 saturated carbocycles. The first kappa shape index (κ1) is 22.6. The van der Waals surface area contributed by atoms with Crippen LogP contribution in [0.1, 0.15) is 26.3 Å². The number of anilines is 2. The molecule has 1 heterocycles. The Bertz CT molecular complexity index is 1340. The number of amides is 2. The van der Waals surface area contributed by atoms with Crippen LogP contribution in [0.15, 0.2) is 48.5 Å². The van der Waals surface area contributed by atoms with Crippen LogP contribution in [0.3, 0.4) is 0 Å². The molecule has 0 aromatic heterocycles. The van der Waals surface area contributed by atoms with E-state index in [1.54, 1.807) is 25.2 Å². The lowest BCUT2D eigenvalue weighted by Crippen LogP contribution is -2.25. The van der Waals surface area contributed by atoms with Gasteiger partial charge in [0.15, 0.2) is 17.2 Å². The summed E-state index contributed by atoms with van der Waals surface area (Å²) in [5, 5.41) is 14.2. The molecule has 0 spiro atoms. The SMILES string of the molecule is COc1cc(C(=O)Nc2ccc3c(c2)C(=O)N(C)c2cc(C)ccc2O3)c([N+](=O)[O-])cc1OC. The Morgan fingerprint density at radius 2 is 1.71 bits per heavy atom. The third-order valence-electron chi connectivity index (χ3n) is 5.41. The van der Waals surface area contributed by atoms with Crippen LogP contribution in [0.4, 0.5) is 17.1 Å². The Kier molecular flexibility index (Phi) is 5.80. The van der Waals surface area contributed by atoms with Crippen molar-refractivity contribution in [2.75, 3.05) is 31.5 Å². The van der Waals surface area contributed by atoms with Gasteiger partial charge in [-0.25, -0.2) is 0 Å². The van der Waals surface area contributed by atoms with Gasteiger partial charge >= 0.3 is 0 Å². The Hall–Kier alpha value is -4.60. The topological polar surface area (TPSA) is 120 Å². The molecule has 10 heteroatoms. The monoisotopic (exact) mass is 463 g/mol. The predicted molar refractivity (Wildman–Crippen MR) is 125 cm³/mol. The molecule has 0 fully saturated rings. The Morgan fingerprint density at radius 3 is 2.38 bits per heavy atom. The Morgan fingerprint density at radius 1 is 1.03 bits per heavy atom. The summed E-state index contributed by atoms with van der Waals surface area (Å²) in [5.74, 6) is 0.0664. The summed E-state index contributed by atoms with van der Waals surface area (Å²) in [6.45, 7) is 1.91. The van der Waals surface area contributed by atoms with Gasteiger partial charge < -0.3 is 24.4 Å². The summed E-state index contributed by atoms with van der Waals surface area (Å²) in [4.78, 5) is 38.4. The number of rotatable bonds is 5. The predicted octanol–water partition coefficient (Wildman–Crippen LogP) is 4.56. The van der Waals surface area contributed by atoms with Crippen molar-refractivity contribution < 1.29 is 28.7 Å². The van der Waals surface area contributed by atoms with Crippen molar-refractivity contribution >= 4 is 28.9 Å². The van der Waals surface area contributed by atoms with Crippen LogP contribution >= 0.6 is 0 Å². The van der Waals surface area contributed by atoms with Gasteiger partial charge in [0, 0.05) is 18.8 Å². The number of fused-ring (bicyclic) bond motifs is 2. The lowest BCUT2D eigenvalue weighted by molar-refractivity contribution is -0.385. The second-order valence-corrected chi connectivity index (χ2v) is 7.58. The largest absolute Gasteiger partial charge is 0.493 e. The highest BCUT2D eigenvalue weighted by atomic mass is 16.6. The molecule has 0 saturated heterocycles. The van der Waals surface area contributed by atoms with Gasteiger partial charge in [0.25, 0.3) is 17.5 Å². The number of carbonyl (C=O) groups excluding carboxylic acids is 2. The van der Waals surface area contributed by atoms with E-state index >= 15 is 0 Å². The molecule has 0 bridgehead atoms. The van der Waals surface area contributed by atoms with Crippen molar-refractivity contribution in [1.29, 1.82) is 0 Å². The van der Waals surface area contributed by atoms with E-state index in [4.69, 9.17) is 14.2 Å². The summed E-state index contributed by atoms with van der Waals surface area (Å²) in [5.41, 5.74) is 1.41. The van der Waals surface area contributed by atoms with Crippen molar-refractivity contribution in [3.05, 3.63) is 75.3 Å². The van der Waals surface area contributed by atoms with E-state index in [1.165, 1.54) is 31.3 Å². The quantitative estimate of drug-likeness (QED) is 0.435. The van der Waals surface area contributed by atoms with Gasteiger partial charge in [0.05, 0.1) is 36.5 Å². The van der Waals surface area contributed by atoms with Gasteiger partial charge in [-0.3, -0.25) is 19.7 Å². The van der Waals surface area contributed by atoms with Gasteiger partial charge in [0.1, 0.15) is 11.3 Å². The third kappa shape index (κ3) is 3.96. The highest BCUT2D eigenvalue weighted by Crippen LogP contribution is 2.40. The van der Waals surface area contributed by atoms with Crippen LogP contribution in [0, 0.1) is 17.0 Å². The van der Waals surface area contributed by atoms with E-state index in [2.05, 4.69) is 5.32 Å². The molecule has 1 aliphatic heterocycles. The van der Waals surface area contributed by atoms with E-state index < -0.39 is 16.5 Å². The van der Waals surface area contributed by atoms with Gasteiger partial charge in [-0.2, -0.15) is 0 Å². The first-order valence-electron chi connectivity index (χ1n) is 10.2. The van der Waals surface area contributed by atoms with Gasteiger partial charge in [0.2, 0.25) is 0 Å². The fraction of sp³-hybridized carbons (Fsp3) is 0.167. The van der Waals surface area contributed by atoms with Crippen LogP contribution in [0.5, 0.6) is 23.0 Å². The molecule has 0 aliphatic carbocycles. The fourth-order valence-corrected chi connectivity index (χ4v) is 3.65. The summed E-state index contributed by atoms with van der Waals surface area (Å²) in [7, 11) is 4.34. The average molecular weight is 463 g/mol. The summed E-state index contributed by atoms with van der Waals surface area (Å²) < 4.78 is 16.2. The zero-order valence-corrected chi connectivity index (χ0v) is 18.9. The zero-order chi connectivity index (χ0) is 24.6. The van der Waals surface area contributed by atoms with Crippen molar-refractivity contribution in [1.82, 2.24) is 0 Å². The van der Waals surface area contributed by atoms with Gasteiger partial charge in [-0.1, -0.05) is 6.07 Å². The number of aryl methyl sites for hydroxylation is 1. The molecular weight excluding hydrogens is 442 g/mol. The third-order valence-corrected chi connectivity index (χ3v) is 5.41. The van der Waals surface area contributed by atoms with Crippen molar-refractivity contribution in [2.45, 2.75) is 6.92 Å². The molecule has 0 unspecified atom stereocenters. The molecule has 0 atom stereocenters. The average Bonchev–Trinajstić information content (AvgIpc) is 2.92. The fourth-order valence-electron chi connectivity index (χ4n) is 3.65. The lowest BCUT2D eigenvalue weighted by atomic mass is 10.1.